The fourth-order valence-corrected chi connectivity index (χ4v) is 2.92. The molecule has 0 aliphatic heterocycles. The van der Waals surface area contributed by atoms with E-state index in [1.54, 1.807) is 6.20 Å². The third-order valence-corrected chi connectivity index (χ3v) is 3.80. The Labute approximate surface area is 116 Å². The Morgan fingerprint density at radius 1 is 1.33 bits per heavy atom. The van der Waals surface area contributed by atoms with E-state index in [1.807, 2.05) is 0 Å². The van der Waals surface area contributed by atoms with Crippen molar-refractivity contribution in [3.63, 3.8) is 0 Å². The molecule has 0 bridgehead atoms. The van der Waals surface area contributed by atoms with Crippen LogP contribution in [0.15, 0.2) is 10.7 Å². The molecule has 2 unspecified atom stereocenters. The highest BCUT2D eigenvalue weighted by atomic mass is 79.9. The van der Waals surface area contributed by atoms with E-state index in [4.69, 9.17) is 10.6 Å². The van der Waals surface area contributed by atoms with E-state index in [0.29, 0.717) is 23.7 Å². The fourth-order valence-electron chi connectivity index (χ4n) is 2.63. The zero-order valence-electron chi connectivity index (χ0n) is 10.7. The van der Waals surface area contributed by atoms with Gasteiger partial charge in [-0.15, -0.1) is 0 Å². The number of rotatable bonds is 3. The van der Waals surface area contributed by atoms with Gasteiger partial charge in [0.05, 0.1) is 10.7 Å². The van der Waals surface area contributed by atoms with Gasteiger partial charge in [-0.25, -0.2) is 10.8 Å². The van der Waals surface area contributed by atoms with Crippen molar-refractivity contribution < 1.29 is 4.74 Å². The number of hydrogen-bond donors (Lipinski definition) is 2. The summed E-state index contributed by atoms with van der Waals surface area (Å²) in [5.74, 6) is 7.63. The number of nitrogens with one attached hydrogen (secondary N) is 1. The Kier molecular flexibility index (Phi) is 4.40. The van der Waals surface area contributed by atoms with Crippen LogP contribution in [0.25, 0.3) is 0 Å². The van der Waals surface area contributed by atoms with Crippen LogP contribution in [0.1, 0.15) is 33.1 Å². The second-order valence-electron chi connectivity index (χ2n) is 5.15. The van der Waals surface area contributed by atoms with Crippen molar-refractivity contribution in [3.05, 3.63) is 10.7 Å². The van der Waals surface area contributed by atoms with Gasteiger partial charge in [-0.1, -0.05) is 13.8 Å². The first-order valence-corrected chi connectivity index (χ1v) is 7.03. The molecule has 1 aromatic rings. The maximum atomic E-state index is 5.98. The number of hydrazine groups is 1. The van der Waals surface area contributed by atoms with Gasteiger partial charge >= 0.3 is 0 Å². The summed E-state index contributed by atoms with van der Waals surface area (Å²) in [6.45, 7) is 4.54. The minimum absolute atomic E-state index is 0.223. The first-order chi connectivity index (χ1) is 8.58. The Bertz CT molecular complexity index is 405. The summed E-state index contributed by atoms with van der Waals surface area (Å²) in [4.78, 5) is 8.22. The van der Waals surface area contributed by atoms with Crippen molar-refractivity contribution in [1.82, 2.24) is 9.97 Å². The van der Waals surface area contributed by atoms with E-state index in [0.717, 1.165) is 17.3 Å². The van der Waals surface area contributed by atoms with Crippen LogP contribution in [-0.2, 0) is 0 Å². The Morgan fingerprint density at radius 3 is 2.61 bits per heavy atom. The number of ether oxygens (including phenoxy) is 1. The molecule has 2 atom stereocenters. The predicted octanol–water partition coefficient (Wildman–Crippen LogP) is 2.73. The number of aromatic nitrogens is 2. The molecule has 1 aliphatic carbocycles. The van der Waals surface area contributed by atoms with Crippen molar-refractivity contribution in [1.29, 1.82) is 0 Å². The van der Waals surface area contributed by atoms with Gasteiger partial charge in [0.25, 0.3) is 0 Å². The molecule has 0 radical (unpaired) electrons. The molecule has 100 valence electrons. The Hall–Kier alpha value is -0.880. The van der Waals surface area contributed by atoms with Crippen LogP contribution < -0.4 is 16.0 Å². The lowest BCUT2D eigenvalue weighted by Gasteiger charge is -2.31. The number of halogens is 1. The van der Waals surface area contributed by atoms with Gasteiger partial charge in [0, 0.05) is 0 Å². The zero-order chi connectivity index (χ0) is 13.1. The second kappa shape index (κ2) is 5.84. The molecule has 1 aliphatic rings. The van der Waals surface area contributed by atoms with E-state index in [9.17, 15) is 0 Å². The maximum absolute atomic E-state index is 5.98. The molecule has 0 spiro atoms. The number of anilines is 1. The third kappa shape index (κ3) is 3.32. The van der Waals surface area contributed by atoms with E-state index in [1.165, 1.54) is 6.42 Å². The molecular weight excluding hydrogens is 296 g/mol. The van der Waals surface area contributed by atoms with Gasteiger partial charge in [0.1, 0.15) is 6.10 Å². The van der Waals surface area contributed by atoms with Gasteiger partial charge in [0.2, 0.25) is 11.8 Å². The lowest BCUT2D eigenvalue weighted by molar-refractivity contribution is 0.0959. The standard InChI is InChI=1S/C12H19BrN4O/c1-7-3-8(2)5-9(4-7)18-11-10(13)6-15-12(16-11)17-14/h6-9H,3-5,14H2,1-2H3,(H,15,16,17). The van der Waals surface area contributed by atoms with Gasteiger partial charge < -0.3 is 4.74 Å². The number of nitrogens with zero attached hydrogens (tertiary/aromatic N) is 2. The van der Waals surface area contributed by atoms with Gasteiger partial charge in [0.15, 0.2) is 0 Å². The van der Waals surface area contributed by atoms with Gasteiger partial charge in [-0.05, 0) is 47.0 Å². The van der Waals surface area contributed by atoms with Crippen LogP contribution in [0.3, 0.4) is 0 Å². The van der Waals surface area contributed by atoms with E-state index < -0.39 is 0 Å². The zero-order valence-corrected chi connectivity index (χ0v) is 12.3. The highest BCUT2D eigenvalue weighted by molar-refractivity contribution is 9.10. The summed E-state index contributed by atoms with van der Waals surface area (Å²) in [5, 5.41) is 0. The summed E-state index contributed by atoms with van der Waals surface area (Å²) in [6, 6.07) is 0. The van der Waals surface area contributed by atoms with Gasteiger partial charge in [-0.2, -0.15) is 4.98 Å². The molecule has 0 aromatic carbocycles. The maximum Gasteiger partial charge on any atom is 0.240 e. The largest absolute Gasteiger partial charge is 0.473 e. The fraction of sp³-hybridized carbons (Fsp3) is 0.667. The topological polar surface area (TPSA) is 73.1 Å². The van der Waals surface area contributed by atoms with Crippen molar-refractivity contribution in [2.75, 3.05) is 5.43 Å². The van der Waals surface area contributed by atoms with Crippen LogP contribution in [0, 0.1) is 11.8 Å². The van der Waals surface area contributed by atoms with Crippen LogP contribution in [-0.4, -0.2) is 16.1 Å². The minimum Gasteiger partial charge on any atom is -0.473 e. The number of nitrogen functional groups attached to an aromatic ring is 1. The van der Waals surface area contributed by atoms with E-state index >= 15 is 0 Å². The summed E-state index contributed by atoms with van der Waals surface area (Å²) in [7, 11) is 0. The normalized spacial score (nSPS) is 27.9. The molecule has 6 heteroatoms. The summed E-state index contributed by atoms with van der Waals surface area (Å²) in [5.41, 5.74) is 2.43. The van der Waals surface area contributed by atoms with Crippen molar-refractivity contribution in [2.45, 2.75) is 39.2 Å². The Morgan fingerprint density at radius 2 is 2.00 bits per heavy atom. The first kappa shape index (κ1) is 13.5. The number of nitrogens with two attached hydrogens (primary N) is 1. The highest BCUT2D eigenvalue weighted by Gasteiger charge is 2.26. The third-order valence-electron chi connectivity index (χ3n) is 3.25. The molecular formula is C12H19BrN4O. The molecule has 18 heavy (non-hydrogen) atoms. The molecule has 1 heterocycles. The predicted molar refractivity (Wildman–Crippen MR) is 74.1 cm³/mol. The highest BCUT2D eigenvalue weighted by Crippen LogP contribution is 2.32. The quantitative estimate of drug-likeness (QED) is 0.663. The van der Waals surface area contributed by atoms with Crippen LogP contribution in [0.2, 0.25) is 0 Å². The molecule has 1 aromatic heterocycles. The monoisotopic (exact) mass is 314 g/mol. The summed E-state index contributed by atoms with van der Waals surface area (Å²) < 4.78 is 6.73. The van der Waals surface area contributed by atoms with Crippen molar-refractivity contribution >= 4 is 21.9 Å². The molecule has 0 saturated heterocycles. The smallest absolute Gasteiger partial charge is 0.240 e. The lowest BCUT2D eigenvalue weighted by Crippen LogP contribution is -2.29. The van der Waals surface area contributed by atoms with Crippen molar-refractivity contribution in [2.24, 2.45) is 17.7 Å². The molecule has 2 rings (SSSR count). The van der Waals surface area contributed by atoms with E-state index in [2.05, 4.69) is 45.2 Å². The molecule has 5 nitrogen and oxygen atoms in total. The van der Waals surface area contributed by atoms with Gasteiger partial charge in [-0.3, -0.25) is 5.43 Å². The average Bonchev–Trinajstić information content (AvgIpc) is 2.30. The molecule has 3 N–H and O–H groups in total. The van der Waals surface area contributed by atoms with Crippen LogP contribution in [0.5, 0.6) is 5.88 Å². The SMILES string of the molecule is CC1CC(C)CC(Oc2nc(NN)ncc2Br)C1. The number of hydrogen-bond acceptors (Lipinski definition) is 5. The minimum atomic E-state index is 0.223. The second-order valence-corrected chi connectivity index (χ2v) is 6.00. The molecule has 0 amide bonds. The van der Waals surface area contributed by atoms with Crippen LogP contribution >= 0.6 is 15.9 Å². The lowest BCUT2D eigenvalue weighted by atomic mass is 9.82. The summed E-state index contributed by atoms with van der Waals surface area (Å²) in [6.07, 6.45) is 5.30. The molecule has 1 saturated carbocycles. The first-order valence-electron chi connectivity index (χ1n) is 6.24. The van der Waals surface area contributed by atoms with Crippen molar-refractivity contribution in [3.8, 4) is 5.88 Å². The Balaban J connectivity index is 2.08. The summed E-state index contributed by atoms with van der Waals surface area (Å²) >= 11 is 3.40. The van der Waals surface area contributed by atoms with Crippen LogP contribution in [0.4, 0.5) is 5.95 Å². The average molecular weight is 315 g/mol. The molecule has 1 fully saturated rings. The van der Waals surface area contributed by atoms with E-state index in [-0.39, 0.29) is 6.10 Å².